The van der Waals surface area contributed by atoms with Crippen LogP contribution in [0.2, 0.25) is 0 Å². The van der Waals surface area contributed by atoms with Gasteiger partial charge < -0.3 is 13.9 Å². The Kier molecular flexibility index (Phi) is 5.84. The molecule has 2 aromatic carbocycles. The number of pyridine rings is 1. The van der Waals surface area contributed by atoms with Gasteiger partial charge in [-0.15, -0.1) is 0 Å². The van der Waals surface area contributed by atoms with E-state index in [4.69, 9.17) is 9.47 Å². The highest BCUT2D eigenvalue weighted by Crippen LogP contribution is 2.28. The van der Waals surface area contributed by atoms with Gasteiger partial charge in [0.25, 0.3) is 0 Å². The van der Waals surface area contributed by atoms with Gasteiger partial charge in [-0.2, -0.15) is 0 Å². The summed E-state index contributed by atoms with van der Waals surface area (Å²) in [4.78, 5) is 11.5. The largest absolute Gasteiger partial charge is 0.480 e. The van der Waals surface area contributed by atoms with Crippen molar-refractivity contribution >= 4 is 11.5 Å². The number of esters is 1. The van der Waals surface area contributed by atoms with Gasteiger partial charge in [0, 0.05) is 18.3 Å². The van der Waals surface area contributed by atoms with E-state index in [1.165, 1.54) is 35.1 Å². The predicted octanol–water partition coefficient (Wildman–Crippen LogP) is 5.31. The number of carbonyl (C=O) groups is 1. The number of aromatic nitrogens is 1. The van der Waals surface area contributed by atoms with Crippen LogP contribution in [0.3, 0.4) is 0 Å². The molecule has 0 unspecified atom stereocenters. The summed E-state index contributed by atoms with van der Waals surface area (Å²) in [5.74, 6) is 0.291. The van der Waals surface area contributed by atoms with Crippen LogP contribution in [0.1, 0.15) is 23.7 Å². The smallest absolute Gasteiger partial charge is 0.343 e. The average molecular weight is 399 g/mol. The van der Waals surface area contributed by atoms with Gasteiger partial charge in [-0.3, -0.25) is 0 Å². The molecule has 0 amide bonds. The molecule has 0 N–H and O–H groups in total. The van der Waals surface area contributed by atoms with Crippen molar-refractivity contribution in [1.29, 1.82) is 0 Å². The maximum Gasteiger partial charge on any atom is 0.343 e. The van der Waals surface area contributed by atoms with Crippen LogP contribution in [-0.4, -0.2) is 24.1 Å². The molecule has 0 aliphatic carbocycles. The lowest BCUT2D eigenvalue weighted by Crippen LogP contribution is -2.12. The molecule has 0 aliphatic heterocycles. The van der Waals surface area contributed by atoms with E-state index < -0.39 is 5.97 Å². The number of rotatable bonds is 7. The highest BCUT2D eigenvalue weighted by atomic mass is 16.6. The molecule has 2 aromatic heterocycles. The van der Waals surface area contributed by atoms with Gasteiger partial charge in [0.2, 0.25) is 0 Å². The molecule has 2 heterocycles. The first kappa shape index (κ1) is 19.8. The Hall–Kier alpha value is -3.53. The summed E-state index contributed by atoms with van der Waals surface area (Å²) >= 11 is 0. The van der Waals surface area contributed by atoms with E-state index in [1.807, 2.05) is 18.2 Å². The summed E-state index contributed by atoms with van der Waals surface area (Å²) in [5.41, 5.74) is 7.16. The SMILES string of the molecule is CCc1cc2c(OCC(=O)OC)cccn2c1Cc1cccc(-c2ccccc2)c1. The fourth-order valence-electron chi connectivity index (χ4n) is 3.79. The minimum absolute atomic E-state index is 0.0999. The second-order valence-electron chi connectivity index (χ2n) is 7.21. The number of hydrogen-bond acceptors (Lipinski definition) is 3. The molecule has 0 atom stereocenters. The number of fused-ring (bicyclic) bond motifs is 1. The lowest BCUT2D eigenvalue weighted by atomic mass is 9.99. The fraction of sp³-hybridized carbons (Fsp3) is 0.192. The molecule has 0 fully saturated rings. The summed E-state index contributed by atoms with van der Waals surface area (Å²) in [6.45, 7) is 2.06. The third-order valence-corrected chi connectivity index (χ3v) is 5.33. The Morgan fingerprint density at radius 1 is 0.933 bits per heavy atom. The van der Waals surface area contributed by atoms with Gasteiger partial charge in [-0.05, 0) is 46.9 Å². The number of hydrogen-bond donors (Lipinski definition) is 0. The zero-order valence-electron chi connectivity index (χ0n) is 17.3. The zero-order chi connectivity index (χ0) is 20.9. The van der Waals surface area contributed by atoms with Gasteiger partial charge in [-0.1, -0.05) is 61.5 Å². The third-order valence-electron chi connectivity index (χ3n) is 5.33. The van der Waals surface area contributed by atoms with Crippen molar-refractivity contribution in [1.82, 2.24) is 4.40 Å². The van der Waals surface area contributed by atoms with Gasteiger partial charge in [0.1, 0.15) is 5.75 Å². The number of methoxy groups -OCH3 is 1. The van der Waals surface area contributed by atoms with Gasteiger partial charge in [-0.25, -0.2) is 4.79 Å². The molecule has 0 radical (unpaired) electrons. The lowest BCUT2D eigenvalue weighted by Gasteiger charge is -2.10. The summed E-state index contributed by atoms with van der Waals surface area (Å²) in [7, 11) is 1.36. The van der Waals surface area contributed by atoms with Crippen LogP contribution < -0.4 is 4.74 Å². The fourth-order valence-corrected chi connectivity index (χ4v) is 3.79. The van der Waals surface area contributed by atoms with E-state index >= 15 is 0 Å². The first-order valence-electron chi connectivity index (χ1n) is 10.2. The molecule has 30 heavy (non-hydrogen) atoms. The molecule has 0 spiro atoms. The standard InChI is InChI=1S/C26H25NO3/c1-3-20-17-24-25(30-18-26(28)29-2)13-8-14-27(24)23(20)16-19-9-7-12-22(15-19)21-10-5-4-6-11-21/h4-15,17H,3,16,18H2,1-2H3. The first-order chi connectivity index (χ1) is 14.7. The topological polar surface area (TPSA) is 39.9 Å². The highest BCUT2D eigenvalue weighted by molar-refractivity contribution is 5.72. The molecule has 4 aromatic rings. The van der Waals surface area contributed by atoms with Crippen molar-refractivity contribution in [2.45, 2.75) is 19.8 Å². The van der Waals surface area contributed by atoms with Gasteiger partial charge in [0.05, 0.1) is 12.6 Å². The van der Waals surface area contributed by atoms with Gasteiger partial charge >= 0.3 is 5.97 Å². The van der Waals surface area contributed by atoms with Crippen molar-refractivity contribution in [3.05, 3.63) is 95.8 Å². The number of ether oxygens (including phenoxy) is 2. The Balaban J connectivity index is 1.68. The number of aryl methyl sites for hydroxylation is 1. The number of nitrogens with zero attached hydrogens (tertiary/aromatic N) is 1. The molecular formula is C26H25NO3. The van der Waals surface area contributed by atoms with Crippen LogP contribution in [0.25, 0.3) is 16.6 Å². The van der Waals surface area contributed by atoms with Crippen molar-refractivity contribution in [3.8, 4) is 16.9 Å². The first-order valence-corrected chi connectivity index (χ1v) is 10.2. The molecule has 4 heteroatoms. The summed E-state index contributed by atoms with van der Waals surface area (Å²) in [6, 6.07) is 25.1. The summed E-state index contributed by atoms with van der Waals surface area (Å²) in [6.07, 6.45) is 3.79. The van der Waals surface area contributed by atoms with Crippen molar-refractivity contribution in [3.63, 3.8) is 0 Å². The van der Waals surface area contributed by atoms with Crippen LogP contribution in [-0.2, 0) is 22.4 Å². The number of benzene rings is 2. The quantitative estimate of drug-likeness (QED) is 0.395. The molecular weight excluding hydrogens is 374 g/mol. The van der Waals surface area contributed by atoms with Crippen LogP contribution in [0, 0.1) is 0 Å². The van der Waals surface area contributed by atoms with E-state index in [0.29, 0.717) is 5.75 Å². The van der Waals surface area contributed by atoms with E-state index in [2.05, 4.69) is 72.1 Å². The molecule has 0 aliphatic rings. The van der Waals surface area contributed by atoms with Crippen LogP contribution in [0.15, 0.2) is 79.0 Å². The summed E-state index contributed by atoms with van der Waals surface area (Å²) in [5, 5.41) is 0. The minimum Gasteiger partial charge on any atom is -0.480 e. The second kappa shape index (κ2) is 8.87. The third kappa shape index (κ3) is 4.08. The minimum atomic E-state index is -0.391. The molecule has 0 bridgehead atoms. The zero-order valence-corrected chi connectivity index (χ0v) is 17.3. The maximum atomic E-state index is 11.5. The van der Waals surface area contributed by atoms with E-state index in [-0.39, 0.29) is 6.61 Å². The number of carbonyl (C=O) groups excluding carboxylic acids is 1. The van der Waals surface area contributed by atoms with Crippen LogP contribution in [0.4, 0.5) is 0 Å². The van der Waals surface area contributed by atoms with E-state index in [1.54, 1.807) is 0 Å². The Labute approximate surface area is 176 Å². The maximum absolute atomic E-state index is 11.5. The van der Waals surface area contributed by atoms with Crippen LogP contribution >= 0.6 is 0 Å². The Morgan fingerprint density at radius 2 is 1.73 bits per heavy atom. The molecule has 4 nitrogen and oxygen atoms in total. The van der Waals surface area contributed by atoms with Crippen molar-refractivity contribution < 1.29 is 14.3 Å². The van der Waals surface area contributed by atoms with Crippen LogP contribution in [0.5, 0.6) is 5.75 Å². The predicted molar refractivity (Wildman–Crippen MR) is 119 cm³/mol. The summed E-state index contributed by atoms with van der Waals surface area (Å²) < 4.78 is 12.6. The Morgan fingerprint density at radius 3 is 2.50 bits per heavy atom. The second-order valence-corrected chi connectivity index (χ2v) is 7.21. The Bertz CT molecular complexity index is 1160. The van der Waals surface area contributed by atoms with E-state index in [0.717, 1.165) is 18.4 Å². The molecule has 152 valence electrons. The van der Waals surface area contributed by atoms with Crippen molar-refractivity contribution in [2.75, 3.05) is 13.7 Å². The lowest BCUT2D eigenvalue weighted by molar-refractivity contribution is -0.142. The van der Waals surface area contributed by atoms with Crippen molar-refractivity contribution in [2.24, 2.45) is 0 Å². The highest BCUT2D eigenvalue weighted by Gasteiger charge is 2.14. The molecule has 4 rings (SSSR count). The monoisotopic (exact) mass is 399 g/mol. The normalized spacial score (nSPS) is 10.9. The molecule has 0 saturated carbocycles. The van der Waals surface area contributed by atoms with Gasteiger partial charge in [0.15, 0.2) is 6.61 Å². The van der Waals surface area contributed by atoms with E-state index in [9.17, 15) is 4.79 Å². The average Bonchev–Trinajstić information content (AvgIpc) is 3.16. The molecule has 0 saturated heterocycles.